The quantitative estimate of drug-likeness (QED) is 0.551. The van der Waals surface area contributed by atoms with Crippen LogP contribution in [-0.4, -0.2) is 4.57 Å². The lowest BCUT2D eigenvalue weighted by molar-refractivity contribution is 0.831. The number of rotatable bonds is 0. The number of hydrogen-bond acceptors (Lipinski definition) is 0. The highest BCUT2D eigenvalue weighted by Crippen LogP contribution is 2.29. The van der Waals surface area contributed by atoms with Crippen molar-refractivity contribution in [3.8, 4) is 11.1 Å². The maximum absolute atomic E-state index is 2.27. The Morgan fingerprint density at radius 2 is 2.17 bits per heavy atom. The van der Waals surface area contributed by atoms with E-state index in [4.69, 9.17) is 0 Å². The molecular weight excluding hydrogens is 146 g/mol. The van der Waals surface area contributed by atoms with E-state index in [1.54, 1.807) is 0 Å². The Labute approximate surface area is 71.3 Å². The van der Waals surface area contributed by atoms with E-state index in [1.165, 1.54) is 16.8 Å². The van der Waals surface area contributed by atoms with E-state index < -0.39 is 0 Å². The van der Waals surface area contributed by atoms with E-state index >= 15 is 0 Å². The van der Waals surface area contributed by atoms with Gasteiger partial charge in [-0.3, -0.25) is 0 Å². The van der Waals surface area contributed by atoms with Crippen molar-refractivity contribution in [2.45, 2.75) is 6.54 Å². The van der Waals surface area contributed by atoms with Gasteiger partial charge in [-0.2, -0.15) is 0 Å². The first-order valence-corrected chi connectivity index (χ1v) is 4.19. The molecule has 2 aliphatic heterocycles. The van der Waals surface area contributed by atoms with Gasteiger partial charge in [0, 0.05) is 24.0 Å². The first-order valence-electron chi connectivity index (χ1n) is 4.19. The Bertz CT molecular complexity index is 423. The van der Waals surface area contributed by atoms with Crippen molar-refractivity contribution in [3.63, 3.8) is 0 Å². The van der Waals surface area contributed by atoms with Gasteiger partial charge in [0.15, 0.2) is 0 Å². The van der Waals surface area contributed by atoms with Gasteiger partial charge in [0.2, 0.25) is 0 Å². The van der Waals surface area contributed by atoms with Crippen LogP contribution in [0.2, 0.25) is 0 Å². The Kier molecular flexibility index (Phi) is 1.01. The van der Waals surface area contributed by atoms with E-state index in [9.17, 15) is 0 Å². The number of fused-ring (bicyclic) bond motifs is 3. The van der Waals surface area contributed by atoms with Gasteiger partial charge in [0.1, 0.15) is 0 Å². The monoisotopic (exact) mass is 155 g/mol. The molecule has 2 heterocycles. The van der Waals surface area contributed by atoms with Gasteiger partial charge >= 0.3 is 0 Å². The maximum atomic E-state index is 2.27. The lowest BCUT2D eigenvalue weighted by atomic mass is 10.1. The standard InChI is InChI=1S/C11H9N/c1-3-9-6-8-12-7-2-5-11(12)10(9)4-1/h1-6,8H,7H2. The first-order chi connectivity index (χ1) is 5.95. The van der Waals surface area contributed by atoms with Crippen LogP contribution in [0.15, 0.2) is 36.5 Å². The van der Waals surface area contributed by atoms with E-state index in [1.807, 2.05) is 0 Å². The summed E-state index contributed by atoms with van der Waals surface area (Å²) in [5.41, 5.74) is 4.05. The molecule has 3 aliphatic rings. The smallest absolute Gasteiger partial charge is 0.0486 e. The van der Waals surface area contributed by atoms with Crippen LogP contribution in [0, 0.1) is 0 Å². The van der Waals surface area contributed by atoms with E-state index in [0.717, 1.165) is 6.54 Å². The summed E-state index contributed by atoms with van der Waals surface area (Å²) >= 11 is 0. The summed E-state index contributed by atoms with van der Waals surface area (Å²) in [6.45, 7) is 1.02. The third-order valence-electron chi connectivity index (χ3n) is 2.45. The maximum Gasteiger partial charge on any atom is 0.0486 e. The average molecular weight is 155 g/mol. The van der Waals surface area contributed by atoms with Crippen molar-refractivity contribution in [1.29, 1.82) is 0 Å². The molecule has 0 amide bonds. The predicted octanol–water partition coefficient (Wildman–Crippen LogP) is 2.62. The highest BCUT2D eigenvalue weighted by molar-refractivity contribution is 5.76. The van der Waals surface area contributed by atoms with Gasteiger partial charge in [-0.1, -0.05) is 24.3 Å². The van der Waals surface area contributed by atoms with Crippen molar-refractivity contribution < 1.29 is 0 Å². The van der Waals surface area contributed by atoms with Crippen LogP contribution in [-0.2, 0) is 6.54 Å². The lowest BCUT2D eigenvalue weighted by Gasteiger charge is -2.08. The third-order valence-corrected chi connectivity index (χ3v) is 2.45. The molecule has 0 saturated heterocycles. The zero-order chi connectivity index (χ0) is 7.97. The Balaban J connectivity index is 2.43. The predicted molar refractivity (Wildman–Crippen MR) is 50.1 cm³/mol. The number of aromatic nitrogens is 1. The molecule has 0 aromatic carbocycles. The molecule has 0 N–H and O–H groups in total. The van der Waals surface area contributed by atoms with Crippen LogP contribution in [0.5, 0.6) is 0 Å². The fourth-order valence-electron chi connectivity index (χ4n) is 1.84. The van der Waals surface area contributed by atoms with Gasteiger partial charge in [0.05, 0.1) is 0 Å². The largest absolute Gasteiger partial charge is 0.344 e. The Morgan fingerprint density at radius 1 is 1.17 bits per heavy atom. The SMILES string of the molecule is C1=Cc2c3cccc-3ccn2C1. The molecule has 0 saturated carbocycles. The highest BCUT2D eigenvalue weighted by atomic mass is 15.0. The van der Waals surface area contributed by atoms with Crippen LogP contribution >= 0.6 is 0 Å². The average Bonchev–Trinajstić information content (AvgIpc) is 2.71. The molecule has 58 valence electrons. The van der Waals surface area contributed by atoms with Crippen LogP contribution in [0.3, 0.4) is 0 Å². The highest BCUT2D eigenvalue weighted by Gasteiger charge is 2.11. The molecule has 0 aromatic heterocycles. The number of hydrogen-bond donors (Lipinski definition) is 0. The molecule has 1 aliphatic carbocycles. The number of nitrogens with zero attached hydrogens (tertiary/aromatic N) is 1. The molecule has 1 nitrogen and oxygen atoms in total. The Morgan fingerprint density at radius 3 is 3.17 bits per heavy atom. The minimum atomic E-state index is 1.02. The van der Waals surface area contributed by atoms with Crippen LogP contribution in [0.1, 0.15) is 5.69 Å². The third kappa shape index (κ3) is 0.632. The number of pyridine rings is 1. The van der Waals surface area contributed by atoms with Crippen molar-refractivity contribution in [3.05, 3.63) is 42.2 Å². The molecule has 0 atom stereocenters. The molecule has 0 bridgehead atoms. The first kappa shape index (κ1) is 6.06. The van der Waals surface area contributed by atoms with Gasteiger partial charge in [-0.25, -0.2) is 0 Å². The molecule has 0 unspecified atom stereocenters. The molecular formula is C11H9N. The van der Waals surface area contributed by atoms with Gasteiger partial charge in [-0.15, -0.1) is 0 Å². The fraction of sp³-hybridized carbons (Fsp3) is 0.0909. The molecule has 0 radical (unpaired) electrons. The fourth-order valence-corrected chi connectivity index (χ4v) is 1.84. The summed E-state index contributed by atoms with van der Waals surface area (Å²) in [4.78, 5) is 0. The van der Waals surface area contributed by atoms with Gasteiger partial charge in [-0.05, 0) is 17.7 Å². The minimum absolute atomic E-state index is 1.02. The normalized spacial score (nSPS) is 14.0. The second-order valence-corrected chi connectivity index (χ2v) is 3.15. The summed E-state index contributed by atoms with van der Waals surface area (Å²) in [5.74, 6) is 0. The van der Waals surface area contributed by atoms with Gasteiger partial charge in [0.25, 0.3) is 0 Å². The van der Waals surface area contributed by atoms with Crippen LogP contribution in [0.25, 0.3) is 17.2 Å². The van der Waals surface area contributed by atoms with Crippen molar-refractivity contribution in [2.75, 3.05) is 0 Å². The summed E-state index contributed by atoms with van der Waals surface area (Å²) < 4.78 is 2.27. The van der Waals surface area contributed by atoms with E-state index in [-0.39, 0.29) is 0 Å². The molecule has 3 rings (SSSR count). The lowest BCUT2D eigenvalue weighted by Crippen LogP contribution is -1.97. The van der Waals surface area contributed by atoms with Crippen molar-refractivity contribution in [2.24, 2.45) is 0 Å². The van der Waals surface area contributed by atoms with E-state index in [2.05, 4.69) is 47.2 Å². The van der Waals surface area contributed by atoms with Crippen molar-refractivity contribution >= 4 is 6.08 Å². The molecule has 1 heteroatoms. The summed E-state index contributed by atoms with van der Waals surface area (Å²) in [7, 11) is 0. The summed E-state index contributed by atoms with van der Waals surface area (Å²) in [5, 5.41) is 0. The molecule has 0 spiro atoms. The summed E-state index contributed by atoms with van der Waals surface area (Å²) in [6.07, 6.45) is 6.54. The minimum Gasteiger partial charge on any atom is -0.344 e. The number of allylic oxidation sites excluding steroid dienone is 1. The van der Waals surface area contributed by atoms with Crippen LogP contribution in [0.4, 0.5) is 0 Å². The summed E-state index contributed by atoms with van der Waals surface area (Å²) in [6, 6.07) is 8.61. The Hall–Kier alpha value is -1.50. The molecule has 0 fully saturated rings. The van der Waals surface area contributed by atoms with Crippen LogP contribution < -0.4 is 0 Å². The van der Waals surface area contributed by atoms with E-state index in [0.29, 0.717) is 0 Å². The second-order valence-electron chi connectivity index (χ2n) is 3.15. The van der Waals surface area contributed by atoms with Crippen molar-refractivity contribution in [1.82, 2.24) is 4.57 Å². The zero-order valence-corrected chi connectivity index (χ0v) is 6.70. The molecule has 12 heavy (non-hydrogen) atoms. The second kappa shape index (κ2) is 2.01. The molecule has 0 aromatic rings. The van der Waals surface area contributed by atoms with Gasteiger partial charge < -0.3 is 4.57 Å². The zero-order valence-electron chi connectivity index (χ0n) is 6.70. The topological polar surface area (TPSA) is 4.93 Å².